The van der Waals surface area contributed by atoms with Crippen LogP contribution in [0.1, 0.15) is 36.1 Å². The van der Waals surface area contributed by atoms with E-state index in [2.05, 4.69) is 0 Å². The van der Waals surface area contributed by atoms with Crippen LogP contribution in [0.25, 0.3) is 21.2 Å². The number of rotatable bonds is 3. The van der Waals surface area contributed by atoms with Gasteiger partial charge in [-0.25, -0.2) is 4.79 Å². The molecule has 164 valence electrons. The van der Waals surface area contributed by atoms with Crippen molar-refractivity contribution in [3.8, 4) is 0 Å². The molecule has 1 aromatic carbocycles. The first kappa shape index (κ1) is 21.9. The van der Waals surface area contributed by atoms with Crippen molar-refractivity contribution in [2.75, 3.05) is 0 Å². The molecule has 1 N–H and O–H groups in total. The lowest BCUT2D eigenvalue weighted by Gasteiger charge is -2.26. The fourth-order valence-electron chi connectivity index (χ4n) is 4.09. The highest BCUT2D eigenvalue weighted by molar-refractivity contribution is 7.19. The first-order valence-corrected chi connectivity index (χ1v) is 10.6. The van der Waals surface area contributed by atoms with Gasteiger partial charge >= 0.3 is 23.7 Å². The lowest BCUT2D eigenvalue weighted by molar-refractivity contribution is -0.254. The van der Waals surface area contributed by atoms with Gasteiger partial charge < -0.3 is 5.11 Å². The van der Waals surface area contributed by atoms with Gasteiger partial charge in [0.15, 0.2) is 0 Å². The molecular weight excluding hydrogens is 462 g/mol. The van der Waals surface area contributed by atoms with E-state index in [0.717, 1.165) is 18.3 Å². The second-order valence-corrected chi connectivity index (χ2v) is 9.78. The van der Waals surface area contributed by atoms with Crippen molar-refractivity contribution >= 4 is 49.9 Å². The minimum atomic E-state index is -5.69. The molecule has 0 saturated heterocycles. The topological polar surface area (TPSA) is 37.3 Å². The molecule has 10 heteroatoms. The summed E-state index contributed by atoms with van der Waals surface area (Å²) in [5.41, 5.74) is -4.12. The number of allylic oxidation sites excluding steroid dienone is 2. The Hall–Kier alpha value is -2.33. The van der Waals surface area contributed by atoms with E-state index in [1.54, 1.807) is 12.1 Å². The number of hydrogen-bond donors (Lipinski definition) is 1. The Balaban J connectivity index is 2.22. The third-order valence-electron chi connectivity index (χ3n) is 5.46. The number of thiophene rings is 2. The van der Waals surface area contributed by atoms with Crippen molar-refractivity contribution in [2.24, 2.45) is 0 Å². The molecule has 0 spiro atoms. The minimum Gasteiger partial charge on any atom is -0.477 e. The zero-order chi connectivity index (χ0) is 23.1. The molecule has 0 radical (unpaired) electrons. The van der Waals surface area contributed by atoms with Crippen molar-refractivity contribution in [1.29, 1.82) is 0 Å². The van der Waals surface area contributed by atoms with Crippen LogP contribution < -0.4 is 0 Å². The van der Waals surface area contributed by atoms with Crippen molar-refractivity contribution in [3.05, 3.63) is 55.6 Å². The molecular formula is C21H14F6O2S2. The average molecular weight is 476 g/mol. The summed E-state index contributed by atoms with van der Waals surface area (Å²) in [7, 11) is 0. The van der Waals surface area contributed by atoms with E-state index in [4.69, 9.17) is 0 Å². The molecule has 0 fully saturated rings. The van der Waals surface area contributed by atoms with Crippen molar-refractivity contribution < 1.29 is 36.2 Å². The van der Waals surface area contributed by atoms with E-state index in [1.807, 2.05) is 0 Å². The van der Waals surface area contributed by atoms with E-state index < -0.39 is 40.4 Å². The quantitative estimate of drug-likeness (QED) is 0.400. The number of carboxylic acid groups (broad SMARTS) is 1. The highest BCUT2D eigenvalue weighted by atomic mass is 32.1. The van der Waals surface area contributed by atoms with E-state index in [-0.39, 0.29) is 31.1 Å². The van der Waals surface area contributed by atoms with E-state index in [0.29, 0.717) is 16.0 Å². The predicted molar refractivity (Wildman–Crippen MR) is 109 cm³/mol. The molecule has 3 aromatic rings. The zero-order valence-electron chi connectivity index (χ0n) is 16.2. The minimum absolute atomic E-state index is 0.0484. The summed E-state index contributed by atoms with van der Waals surface area (Å²) in [6.45, 7) is 3.83. The number of carbonyl (C=O) groups is 1. The second-order valence-electron chi connectivity index (χ2n) is 7.30. The lowest BCUT2D eigenvalue weighted by Crippen LogP contribution is -2.49. The summed E-state index contributed by atoms with van der Waals surface area (Å²) in [4.78, 5) is 11.2. The summed E-state index contributed by atoms with van der Waals surface area (Å²) in [6.07, 6.45) is 0. The third kappa shape index (κ3) is 2.67. The number of halogens is 6. The van der Waals surface area contributed by atoms with Crippen LogP contribution in [-0.2, 0) is 0 Å². The molecule has 0 amide bonds. The Labute approximate surface area is 180 Å². The van der Waals surface area contributed by atoms with Crippen LogP contribution in [0, 0.1) is 20.8 Å². The van der Waals surface area contributed by atoms with Gasteiger partial charge in [0.1, 0.15) is 4.88 Å². The maximum atomic E-state index is 15.1. The molecule has 31 heavy (non-hydrogen) atoms. The van der Waals surface area contributed by atoms with Crippen LogP contribution in [0.4, 0.5) is 26.3 Å². The summed E-state index contributed by atoms with van der Waals surface area (Å²) in [5.74, 6) is -17.5. The maximum Gasteiger partial charge on any atom is 0.380 e. The Bertz CT molecular complexity index is 1280. The van der Waals surface area contributed by atoms with Crippen molar-refractivity contribution in [3.63, 3.8) is 0 Å². The average Bonchev–Trinajstić information content (AvgIpc) is 3.17. The van der Waals surface area contributed by atoms with E-state index >= 15 is 17.6 Å². The summed E-state index contributed by atoms with van der Waals surface area (Å²) >= 11 is 1.62. The van der Waals surface area contributed by atoms with E-state index in [1.165, 1.54) is 26.0 Å². The van der Waals surface area contributed by atoms with Gasteiger partial charge in [-0.2, -0.15) is 26.3 Å². The van der Waals surface area contributed by atoms with Crippen LogP contribution in [0.2, 0.25) is 0 Å². The molecule has 0 bridgehead atoms. The van der Waals surface area contributed by atoms with Crippen LogP contribution in [0.5, 0.6) is 0 Å². The molecule has 0 atom stereocenters. The van der Waals surface area contributed by atoms with Crippen molar-refractivity contribution in [2.45, 2.75) is 38.5 Å². The third-order valence-corrected chi connectivity index (χ3v) is 7.74. The van der Waals surface area contributed by atoms with Gasteiger partial charge in [0, 0.05) is 42.1 Å². The van der Waals surface area contributed by atoms with Gasteiger partial charge in [-0.1, -0.05) is 18.2 Å². The predicted octanol–water partition coefficient (Wildman–Crippen LogP) is 7.42. The van der Waals surface area contributed by atoms with Crippen LogP contribution in [0.15, 0.2) is 24.3 Å². The largest absolute Gasteiger partial charge is 0.477 e. The molecule has 2 aromatic heterocycles. The van der Waals surface area contributed by atoms with Crippen LogP contribution in [0.3, 0.4) is 0 Å². The molecule has 4 rings (SSSR count). The monoisotopic (exact) mass is 476 g/mol. The maximum absolute atomic E-state index is 15.1. The van der Waals surface area contributed by atoms with Gasteiger partial charge in [0.05, 0.1) is 0 Å². The fraction of sp³-hybridized carbons (Fsp3) is 0.286. The number of benzene rings is 1. The molecule has 0 aliphatic heterocycles. The smallest absolute Gasteiger partial charge is 0.380 e. The SMILES string of the molecule is Cc1sc(C(=O)O)c(C)c1C1=C(c2c(C)sc3ccccc23)C(F)(F)C(F)(F)C1(F)F. The van der Waals surface area contributed by atoms with E-state index in [9.17, 15) is 18.7 Å². The van der Waals surface area contributed by atoms with Crippen LogP contribution >= 0.6 is 22.7 Å². The fourth-order valence-corrected chi connectivity index (χ4v) is 6.17. The normalized spacial score (nSPS) is 19.4. The number of fused-ring (bicyclic) bond motifs is 1. The van der Waals surface area contributed by atoms with Gasteiger partial charge in [0.2, 0.25) is 0 Å². The standard InChI is InChI=1S/C21H14F6O2S2/c1-8-13(9(2)31-17(8)18(28)29)15-16(20(24,25)21(26,27)19(15,22)23)14-10(3)30-12-7-5-4-6-11(12)14/h4-7H,1-3H3,(H,28,29). The molecule has 1 aliphatic carbocycles. The number of hydrogen-bond acceptors (Lipinski definition) is 3. The zero-order valence-corrected chi connectivity index (χ0v) is 17.9. The molecule has 2 heterocycles. The van der Waals surface area contributed by atoms with Crippen molar-refractivity contribution in [1.82, 2.24) is 0 Å². The van der Waals surface area contributed by atoms with Crippen LogP contribution in [-0.4, -0.2) is 28.8 Å². The Kier molecular flexibility index (Phi) is 4.65. The Morgan fingerprint density at radius 3 is 1.90 bits per heavy atom. The first-order chi connectivity index (χ1) is 14.2. The molecule has 0 unspecified atom stereocenters. The second kappa shape index (κ2) is 6.59. The summed E-state index contributed by atoms with van der Waals surface area (Å²) in [6, 6.07) is 6.13. The number of alkyl halides is 6. The lowest BCUT2D eigenvalue weighted by atomic mass is 9.91. The molecule has 1 aliphatic rings. The number of aromatic carboxylic acids is 1. The Morgan fingerprint density at radius 1 is 0.839 bits per heavy atom. The first-order valence-electron chi connectivity index (χ1n) is 8.96. The van der Waals surface area contributed by atoms with Gasteiger partial charge in [-0.15, -0.1) is 22.7 Å². The highest BCUT2D eigenvalue weighted by Crippen LogP contribution is 2.66. The number of carboxylic acids is 1. The Morgan fingerprint density at radius 2 is 1.35 bits per heavy atom. The van der Waals surface area contributed by atoms with Gasteiger partial charge in [-0.05, 0) is 32.4 Å². The van der Waals surface area contributed by atoms with Gasteiger partial charge in [-0.3, -0.25) is 0 Å². The highest BCUT2D eigenvalue weighted by Gasteiger charge is 2.80. The summed E-state index contributed by atoms with van der Waals surface area (Å²) in [5, 5.41) is 9.49. The van der Waals surface area contributed by atoms with Gasteiger partial charge in [0.25, 0.3) is 0 Å². The number of aryl methyl sites for hydroxylation is 2. The summed E-state index contributed by atoms with van der Waals surface area (Å²) < 4.78 is 90.1. The molecule has 2 nitrogen and oxygen atoms in total. The molecule has 0 saturated carbocycles.